The van der Waals surface area contributed by atoms with E-state index in [0.717, 1.165) is 40.7 Å². The maximum Gasteiger partial charge on any atom is 0.230 e. The van der Waals surface area contributed by atoms with Crippen LogP contribution >= 0.6 is 0 Å². The Morgan fingerprint density at radius 1 is 1.00 bits per heavy atom. The largest absolute Gasteiger partial charge is 0.336 e. The summed E-state index contributed by atoms with van der Waals surface area (Å²) in [5.74, 6) is -0.978. The monoisotopic (exact) mass is 528 g/mol. The van der Waals surface area contributed by atoms with Gasteiger partial charge in [0.1, 0.15) is 11.6 Å². The number of carbonyl (C=O) groups is 1. The lowest BCUT2D eigenvalue weighted by atomic mass is 9.94. The molecule has 0 unspecified atom stereocenters. The summed E-state index contributed by atoms with van der Waals surface area (Å²) in [7, 11) is 0. The van der Waals surface area contributed by atoms with Gasteiger partial charge in [-0.25, -0.2) is 13.5 Å². The van der Waals surface area contributed by atoms with Gasteiger partial charge >= 0.3 is 0 Å². The molecule has 39 heavy (non-hydrogen) atoms. The van der Waals surface area contributed by atoms with Gasteiger partial charge in [-0.2, -0.15) is 5.10 Å². The molecule has 0 radical (unpaired) electrons. The van der Waals surface area contributed by atoms with E-state index in [2.05, 4.69) is 4.90 Å². The van der Waals surface area contributed by atoms with Crippen molar-refractivity contribution in [1.82, 2.24) is 19.6 Å². The minimum absolute atomic E-state index is 0.0868. The smallest absolute Gasteiger partial charge is 0.230 e. The van der Waals surface area contributed by atoms with Crippen LogP contribution in [0.2, 0.25) is 0 Å². The number of para-hydroxylation sites is 1. The molecule has 0 aliphatic carbocycles. The van der Waals surface area contributed by atoms with Gasteiger partial charge in [0.15, 0.2) is 0 Å². The molecule has 4 aromatic rings. The number of benzene rings is 3. The second kappa shape index (κ2) is 11.9. The third-order valence-electron chi connectivity index (χ3n) is 7.56. The fraction of sp³-hybridized carbons (Fsp3) is 0.312. The number of aromatic nitrogens is 2. The predicted octanol–water partition coefficient (Wildman–Crippen LogP) is 6.25. The van der Waals surface area contributed by atoms with E-state index in [1.54, 1.807) is 0 Å². The van der Waals surface area contributed by atoms with Gasteiger partial charge < -0.3 is 4.90 Å². The first-order chi connectivity index (χ1) is 19.0. The Bertz CT molecular complexity index is 1420. The van der Waals surface area contributed by atoms with Gasteiger partial charge in [-0.1, -0.05) is 55.5 Å². The van der Waals surface area contributed by atoms with Crippen LogP contribution in [-0.2, 0) is 30.8 Å². The summed E-state index contributed by atoms with van der Waals surface area (Å²) in [4.78, 5) is 17.7. The van der Waals surface area contributed by atoms with Crippen LogP contribution in [0.5, 0.6) is 0 Å². The Morgan fingerprint density at radius 2 is 1.72 bits per heavy atom. The highest BCUT2D eigenvalue weighted by atomic mass is 19.1. The number of likely N-dealkylation sites (N-methyl/N-ethyl adjacent to an activating group) is 1. The number of fused-ring (bicyclic) bond motifs is 1. The summed E-state index contributed by atoms with van der Waals surface area (Å²) in [6, 6.07) is 23.5. The van der Waals surface area contributed by atoms with Crippen LogP contribution in [-0.4, -0.2) is 38.6 Å². The number of rotatable bonds is 9. The van der Waals surface area contributed by atoms with Crippen LogP contribution in [0, 0.1) is 11.6 Å². The van der Waals surface area contributed by atoms with Crippen LogP contribution in [0.25, 0.3) is 5.69 Å². The summed E-state index contributed by atoms with van der Waals surface area (Å²) >= 11 is 0. The van der Waals surface area contributed by atoms with E-state index in [-0.39, 0.29) is 11.8 Å². The fourth-order valence-corrected chi connectivity index (χ4v) is 5.48. The van der Waals surface area contributed by atoms with Crippen molar-refractivity contribution < 1.29 is 13.6 Å². The standard InChI is InChI=1S/C32H34F2N4O/c1-3-27(23-11-7-5-8-12-23)32(39)37(4-2)22-30-28-21-36(20-24-19-25(33)15-16-29(24)34)18-17-31(28)38(35-30)26-13-9-6-10-14-26/h5-16,19,27H,3-4,17-18,20-22H2,1-2H3/t27-/m1/s1. The quantitative estimate of drug-likeness (QED) is 0.258. The zero-order valence-electron chi connectivity index (χ0n) is 22.5. The number of nitrogens with zero attached hydrogens (tertiary/aromatic N) is 4. The van der Waals surface area contributed by atoms with E-state index in [0.29, 0.717) is 44.7 Å². The predicted molar refractivity (Wildman–Crippen MR) is 148 cm³/mol. The zero-order valence-corrected chi connectivity index (χ0v) is 22.5. The Hall–Kier alpha value is -3.84. The third-order valence-corrected chi connectivity index (χ3v) is 7.56. The van der Waals surface area contributed by atoms with Gasteiger partial charge in [-0.05, 0) is 49.2 Å². The molecular formula is C32H34F2N4O. The van der Waals surface area contributed by atoms with E-state index in [9.17, 15) is 13.6 Å². The van der Waals surface area contributed by atoms with E-state index in [1.165, 1.54) is 12.1 Å². The first-order valence-electron chi connectivity index (χ1n) is 13.6. The third kappa shape index (κ3) is 5.78. The van der Waals surface area contributed by atoms with Gasteiger partial charge in [0, 0.05) is 43.7 Å². The average Bonchev–Trinajstić information content (AvgIpc) is 3.32. The molecule has 2 heterocycles. The minimum Gasteiger partial charge on any atom is -0.336 e. The Kier molecular flexibility index (Phi) is 8.17. The van der Waals surface area contributed by atoms with Gasteiger partial charge in [-0.15, -0.1) is 0 Å². The maximum atomic E-state index is 14.4. The van der Waals surface area contributed by atoms with Gasteiger partial charge in [-0.3, -0.25) is 9.69 Å². The van der Waals surface area contributed by atoms with Crippen molar-refractivity contribution in [2.45, 2.75) is 52.2 Å². The highest BCUT2D eigenvalue weighted by molar-refractivity contribution is 5.83. The van der Waals surface area contributed by atoms with Crippen LogP contribution < -0.4 is 0 Å². The van der Waals surface area contributed by atoms with E-state index in [1.807, 2.05) is 84.1 Å². The van der Waals surface area contributed by atoms with Crippen molar-refractivity contribution in [3.63, 3.8) is 0 Å². The second-order valence-corrected chi connectivity index (χ2v) is 10.0. The number of halogens is 2. The molecule has 3 aromatic carbocycles. The van der Waals surface area contributed by atoms with Gasteiger partial charge in [0.2, 0.25) is 5.91 Å². The zero-order chi connectivity index (χ0) is 27.4. The molecule has 0 N–H and O–H groups in total. The van der Waals surface area contributed by atoms with Crippen molar-refractivity contribution in [3.05, 3.63) is 119 Å². The van der Waals surface area contributed by atoms with Crippen LogP contribution in [0.1, 0.15) is 54.3 Å². The normalized spacial score (nSPS) is 14.2. The number of amides is 1. The molecule has 1 aliphatic heterocycles. The Labute approximate surface area is 228 Å². The van der Waals surface area contributed by atoms with Crippen molar-refractivity contribution in [3.8, 4) is 5.69 Å². The lowest BCUT2D eigenvalue weighted by Gasteiger charge is -2.29. The summed E-state index contributed by atoms with van der Waals surface area (Å²) in [6.45, 7) is 6.55. The van der Waals surface area contributed by atoms with Crippen LogP contribution in [0.4, 0.5) is 8.78 Å². The first kappa shape index (κ1) is 26.8. The minimum atomic E-state index is -0.442. The molecule has 5 rings (SSSR count). The first-order valence-corrected chi connectivity index (χ1v) is 13.6. The second-order valence-electron chi connectivity index (χ2n) is 10.0. The van der Waals surface area contributed by atoms with Crippen molar-refractivity contribution >= 4 is 5.91 Å². The SMILES string of the molecule is CC[C@@H](C(=O)N(CC)Cc1nn(-c2ccccc2)c2c1CN(Cc1cc(F)ccc1F)CC2)c1ccccc1. The lowest BCUT2D eigenvalue weighted by Crippen LogP contribution is -2.35. The molecule has 202 valence electrons. The number of carbonyl (C=O) groups excluding carboxylic acids is 1. The van der Waals surface area contributed by atoms with E-state index >= 15 is 0 Å². The Balaban J connectivity index is 1.46. The van der Waals surface area contributed by atoms with Crippen molar-refractivity contribution in [2.24, 2.45) is 0 Å². The molecule has 0 bridgehead atoms. The fourth-order valence-electron chi connectivity index (χ4n) is 5.48. The summed E-state index contributed by atoms with van der Waals surface area (Å²) in [6.07, 6.45) is 1.43. The molecule has 0 saturated carbocycles. The summed E-state index contributed by atoms with van der Waals surface area (Å²) in [5, 5.41) is 5.03. The molecule has 1 aliphatic rings. The van der Waals surface area contributed by atoms with E-state index in [4.69, 9.17) is 5.10 Å². The Morgan fingerprint density at radius 3 is 2.41 bits per heavy atom. The molecule has 0 fully saturated rings. The van der Waals surface area contributed by atoms with Gasteiger partial charge in [0.05, 0.1) is 29.5 Å². The molecule has 5 nitrogen and oxygen atoms in total. The highest BCUT2D eigenvalue weighted by Gasteiger charge is 2.29. The topological polar surface area (TPSA) is 41.4 Å². The van der Waals surface area contributed by atoms with Crippen LogP contribution in [0.3, 0.4) is 0 Å². The van der Waals surface area contributed by atoms with Crippen molar-refractivity contribution in [1.29, 1.82) is 0 Å². The average molecular weight is 529 g/mol. The lowest BCUT2D eigenvalue weighted by molar-refractivity contribution is -0.133. The number of hydrogen-bond donors (Lipinski definition) is 0. The molecule has 1 amide bonds. The molecule has 7 heteroatoms. The summed E-state index contributed by atoms with van der Waals surface area (Å²) in [5.41, 5.74) is 5.33. The molecular weight excluding hydrogens is 494 g/mol. The van der Waals surface area contributed by atoms with Gasteiger partial charge in [0.25, 0.3) is 0 Å². The highest BCUT2D eigenvalue weighted by Crippen LogP contribution is 2.29. The maximum absolute atomic E-state index is 14.4. The molecule has 0 spiro atoms. The number of hydrogen-bond acceptors (Lipinski definition) is 3. The van der Waals surface area contributed by atoms with Crippen molar-refractivity contribution in [2.75, 3.05) is 13.1 Å². The molecule has 1 atom stereocenters. The molecule has 0 saturated heterocycles. The van der Waals surface area contributed by atoms with E-state index < -0.39 is 11.6 Å². The summed E-state index contributed by atoms with van der Waals surface area (Å²) < 4.78 is 30.2. The van der Waals surface area contributed by atoms with Crippen LogP contribution in [0.15, 0.2) is 78.9 Å². The molecule has 1 aromatic heterocycles.